The van der Waals surface area contributed by atoms with Gasteiger partial charge in [0, 0.05) is 6.61 Å². The van der Waals surface area contributed by atoms with Crippen molar-refractivity contribution in [2.24, 2.45) is 5.92 Å². The zero-order valence-corrected chi connectivity index (χ0v) is 12.9. The lowest BCUT2D eigenvalue weighted by Crippen LogP contribution is -2.50. The van der Waals surface area contributed by atoms with Gasteiger partial charge in [-0.3, -0.25) is 9.69 Å². The smallest absolute Gasteiger partial charge is 0.325 e. The van der Waals surface area contributed by atoms with Crippen molar-refractivity contribution >= 4 is 11.9 Å². The monoisotopic (exact) mass is 294 g/mol. The van der Waals surface area contributed by atoms with Gasteiger partial charge in [-0.25, -0.2) is 4.79 Å². The van der Waals surface area contributed by atoms with Gasteiger partial charge in [0.2, 0.25) is 0 Å². The second-order valence-corrected chi connectivity index (χ2v) is 6.77. The Bertz CT molecular complexity index is 410. The van der Waals surface area contributed by atoms with Gasteiger partial charge in [0.25, 0.3) is 5.91 Å². The summed E-state index contributed by atoms with van der Waals surface area (Å²) in [6, 6.07) is -0.218. The van der Waals surface area contributed by atoms with Gasteiger partial charge in [-0.15, -0.1) is 0 Å². The number of ether oxygens (including phenoxy) is 1. The van der Waals surface area contributed by atoms with E-state index in [0.717, 1.165) is 58.0 Å². The minimum absolute atomic E-state index is 0.0174. The maximum absolute atomic E-state index is 12.7. The molecule has 5 heteroatoms. The number of imide groups is 1. The number of nitrogens with one attached hydrogen (secondary N) is 1. The number of amides is 3. The van der Waals surface area contributed by atoms with E-state index < -0.39 is 5.54 Å². The van der Waals surface area contributed by atoms with Crippen LogP contribution in [0.4, 0.5) is 4.79 Å². The number of hydrogen-bond donors (Lipinski definition) is 1. The van der Waals surface area contributed by atoms with Crippen LogP contribution in [0.2, 0.25) is 0 Å². The van der Waals surface area contributed by atoms with E-state index in [9.17, 15) is 9.59 Å². The summed E-state index contributed by atoms with van der Waals surface area (Å²) in [7, 11) is 0. The summed E-state index contributed by atoms with van der Waals surface area (Å²) in [5, 5.41) is 2.99. The van der Waals surface area contributed by atoms with Crippen LogP contribution in [-0.4, -0.2) is 41.6 Å². The largest absolute Gasteiger partial charge is 0.376 e. The Morgan fingerprint density at radius 3 is 2.62 bits per heavy atom. The summed E-state index contributed by atoms with van der Waals surface area (Å²) in [5.41, 5.74) is -0.614. The van der Waals surface area contributed by atoms with Crippen LogP contribution in [0.1, 0.15) is 58.3 Å². The minimum atomic E-state index is -0.614. The minimum Gasteiger partial charge on any atom is -0.376 e. The molecule has 21 heavy (non-hydrogen) atoms. The number of hydrogen-bond acceptors (Lipinski definition) is 3. The molecule has 0 aromatic heterocycles. The molecule has 2 aliphatic heterocycles. The van der Waals surface area contributed by atoms with Crippen LogP contribution >= 0.6 is 0 Å². The number of carbonyl (C=O) groups excluding carboxylic acids is 2. The van der Waals surface area contributed by atoms with Gasteiger partial charge in [-0.05, 0) is 50.9 Å². The Labute approximate surface area is 126 Å². The molecular weight excluding hydrogens is 268 g/mol. The third-order valence-electron chi connectivity index (χ3n) is 5.44. The Hall–Kier alpha value is -1.10. The third kappa shape index (κ3) is 2.80. The van der Waals surface area contributed by atoms with Gasteiger partial charge < -0.3 is 10.1 Å². The average molecular weight is 294 g/mol. The van der Waals surface area contributed by atoms with Crippen molar-refractivity contribution in [1.29, 1.82) is 0 Å². The fourth-order valence-corrected chi connectivity index (χ4v) is 3.91. The first-order valence-corrected chi connectivity index (χ1v) is 8.40. The Balaban J connectivity index is 1.64. The van der Waals surface area contributed by atoms with E-state index in [4.69, 9.17) is 4.74 Å². The molecule has 3 rings (SSSR count). The number of carbonyl (C=O) groups is 2. The molecule has 2 heterocycles. The normalized spacial score (nSPS) is 37.1. The highest BCUT2D eigenvalue weighted by molar-refractivity contribution is 6.07. The Morgan fingerprint density at radius 1 is 1.24 bits per heavy atom. The summed E-state index contributed by atoms with van der Waals surface area (Å²) in [6.07, 6.45) is 8.00. The van der Waals surface area contributed by atoms with E-state index in [-0.39, 0.29) is 18.0 Å². The maximum atomic E-state index is 12.7. The van der Waals surface area contributed by atoms with Gasteiger partial charge in [0.05, 0.1) is 12.6 Å². The van der Waals surface area contributed by atoms with E-state index in [2.05, 4.69) is 12.2 Å². The van der Waals surface area contributed by atoms with Gasteiger partial charge in [0.1, 0.15) is 5.54 Å². The summed E-state index contributed by atoms with van der Waals surface area (Å²) in [4.78, 5) is 26.4. The van der Waals surface area contributed by atoms with Gasteiger partial charge >= 0.3 is 6.03 Å². The summed E-state index contributed by atoms with van der Waals surface area (Å²) in [5.74, 6) is 0.687. The van der Waals surface area contributed by atoms with Crippen LogP contribution in [0, 0.1) is 5.92 Å². The molecule has 0 radical (unpaired) electrons. The second kappa shape index (κ2) is 5.95. The van der Waals surface area contributed by atoms with E-state index in [1.165, 1.54) is 4.90 Å². The first-order valence-electron chi connectivity index (χ1n) is 8.40. The molecule has 0 bridgehead atoms. The number of nitrogens with zero attached hydrogens (tertiary/aromatic N) is 1. The zero-order chi connectivity index (χ0) is 14.9. The van der Waals surface area contributed by atoms with Crippen LogP contribution in [0.3, 0.4) is 0 Å². The zero-order valence-electron chi connectivity index (χ0n) is 12.9. The molecule has 0 aromatic rings. The Morgan fingerprint density at radius 2 is 2.00 bits per heavy atom. The highest BCUT2D eigenvalue weighted by Crippen LogP contribution is 2.37. The molecule has 3 aliphatic rings. The predicted molar refractivity (Wildman–Crippen MR) is 78.8 cm³/mol. The molecule has 0 aromatic carbocycles. The van der Waals surface area contributed by atoms with Gasteiger partial charge in [-0.1, -0.05) is 13.3 Å². The fraction of sp³-hybridized carbons (Fsp3) is 0.875. The van der Waals surface area contributed by atoms with Gasteiger partial charge in [-0.2, -0.15) is 0 Å². The summed E-state index contributed by atoms with van der Waals surface area (Å²) in [6.45, 7) is 3.37. The molecule has 1 spiro atoms. The molecule has 3 amide bonds. The van der Waals surface area contributed by atoms with Crippen molar-refractivity contribution < 1.29 is 14.3 Å². The highest BCUT2D eigenvalue weighted by Gasteiger charge is 2.52. The lowest BCUT2D eigenvalue weighted by Gasteiger charge is -2.35. The molecule has 3 fully saturated rings. The van der Waals surface area contributed by atoms with Crippen molar-refractivity contribution in [3.63, 3.8) is 0 Å². The van der Waals surface area contributed by atoms with E-state index in [1.807, 2.05) is 0 Å². The average Bonchev–Trinajstić information content (AvgIpc) is 2.74. The standard InChI is InChI=1S/C16H26N2O3/c1-2-12-6-8-16(9-7-12)14(19)18(15(20)17-16)11-13-5-3-4-10-21-13/h12-13H,2-11H2,1H3,(H,17,20)/t12?,13-,16?/m0/s1. The molecule has 2 saturated heterocycles. The van der Waals surface area contributed by atoms with Crippen LogP contribution in [0.25, 0.3) is 0 Å². The lowest BCUT2D eigenvalue weighted by atomic mass is 9.75. The number of urea groups is 1. The first-order chi connectivity index (χ1) is 10.1. The van der Waals surface area contributed by atoms with Crippen molar-refractivity contribution in [3.8, 4) is 0 Å². The van der Waals surface area contributed by atoms with Crippen molar-refractivity contribution in [1.82, 2.24) is 10.2 Å². The molecule has 1 N–H and O–H groups in total. The molecule has 1 saturated carbocycles. The number of rotatable bonds is 3. The predicted octanol–water partition coefficient (Wildman–Crippen LogP) is 2.45. The SMILES string of the molecule is CCC1CCC2(CC1)NC(=O)N(C[C@@H]1CCCCO1)C2=O. The first kappa shape index (κ1) is 14.8. The topological polar surface area (TPSA) is 58.6 Å². The molecule has 0 unspecified atom stereocenters. The van der Waals surface area contributed by atoms with E-state index >= 15 is 0 Å². The summed E-state index contributed by atoms with van der Waals surface area (Å²) < 4.78 is 5.67. The summed E-state index contributed by atoms with van der Waals surface area (Å²) >= 11 is 0. The highest BCUT2D eigenvalue weighted by atomic mass is 16.5. The van der Waals surface area contributed by atoms with Crippen LogP contribution in [-0.2, 0) is 9.53 Å². The third-order valence-corrected chi connectivity index (χ3v) is 5.44. The van der Waals surface area contributed by atoms with Gasteiger partial charge in [0.15, 0.2) is 0 Å². The molecule has 1 atom stereocenters. The Kier molecular flexibility index (Phi) is 4.20. The van der Waals surface area contributed by atoms with E-state index in [1.54, 1.807) is 0 Å². The molecule has 118 valence electrons. The van der Waals surface area contributed by atoms with Crippen molar-refractivity contribution in [2.75, 3.05) is 13.2 Å². The second-order valence-electron chi connectivity index (χ2n) is 6.77. The fourth-order valence-electron chi connectivity index (χ4n) is 3.91. The maximum Gasteiger partial charge on any atom is 0.325 e. The molecule has 5 nitrogen and oxygen atoms in total. The van der Waals surface area contributed by atoms with Crippen LogP contribution < -0.4 is 5.32 Å². The van der Waals surface area contributed by atoms with Crippen molar-refractivity contribution in [2.45, 2.75) is 69.9 Å². The van der Waals surface area contributed by atoms with Crippen molar-refractivity contribution in [3.05, 3.63) is 0 Å². The van der Waals surface area contributed by atoms with E-state index in [0.29, 0.717) is 12.5 Å². The van der Waals surface area contributed by atoms with Crippen LogP contribution in [0.15, 0.2) is 0 Å². The molecule has 1 aliphatic carbocycles. The lowest BCUT2D eigenvalue weighted by molar-refractivity contribution is -0.134. The quantitative estimate of drug-likeness (QED) is 0.813. The molecular formula is C16H26N2O3. The van der Waals surface area contributed by atoms with Crippen LogP contribution in [0.5, 0.6) is 0 Å².